The minimum atomic E-state index is 0.0675. The smallest absolute Gasteiger partial charge is 0.239 e. The second-order valence-corrected chi connectivity index (χ2v) is 4.41. The summed E-state index contributed by atoms with van der Waals surface area (Å²) >= 11 is 0. The topological polar surface area (TPSA) is 71.2 Å². The molecule has 0 radical (unpaired) electrons. The van der Waals surface area contributed by atoms with Crippen LogP contribution in [0.4, 0.5) is 5.69 Å². The van der Waals surface area contributed by atoms with Crippen molar-refractivity contribution in [3.63, 3.8) is 0 Å². The van der Waals surface area contributed by atoms with Gasteiger partial charge in [0, 0.05) is 19.6 Å². The lowest BCUT2D eigenvalue weighted by molar-refractivity contribution is -0.119. The Morgan fingerprint density at radius 2 is 2.35 bits per heavy atom. The lowest BCUT2D eigenvalue weighted by Crippen LogP contribution is -2.36. The van der Waals surface area contributed by atoms with Crippen LogP contribution in [0.2, 0.25) is 0 Å². The van der Waals surface area contributed by atoms with Crippen molar-refractivity contribution in [2.45, 2.75) is 25.4 Å². The van der Waals surface area contributed by atoms with Gasteiger partial charge in [0.15, 0.2) is 0 Å². The van der Waals surface area contributed by atoms with E-state index in [0.717, 1.165) is 24.2 Å². The van der Waals surface area contributed by atoms with Gasteiger partial charge in [0.2, 0.25) is 5.91 Å². The lowest BCUT2D eigenvalue weighted by Gasteiger charge is -2.18. The number of hydrogen-bond acceptors (Lipinski definition) is 4. The molecule has 1 aliphatic carbocycles. The fourth-order valence-corrected chi connectivity index (χ4v) is 1.57. The first kappa shape index (κ1) is 11.9. The Morgan fingerprint density at radius 1 is 1.59 bits per heavy atom. The van der Waals surface area contributed by atoms with E-state index in [4.69, 9.17) is 5.73 Å². The summed E-state index contributed by atoms with van der Waals surface area (Å²) in [5.41, 5.74) is 7.25. The molecular formula is C12H18N4O. The molecule has 17 heavy (non-hydrogen) atoms. The SMILES string of the molecule is CN(CC(=O)NC1CC1)c1ccc(CN)nc1. The third-order valence-electron chi connectivity index (χ3n) is 2.78. The van der Waals surface area contributed by atoms with Gasteiger partial charge in [-0.05, 0) is 25.0 Å². The number of hydrogen-bond donors (Lipinski definition) is 2. The summed E-state index contributed by atoms with van der Waals surface area (Å²) in [6.45, 7) is 0.798. The van der Waals surface area contributed by atoms with Crippen LogP contribution in [0.15, 0.2) is 18.3 Å². The number of aromatic nitrogens is 1. The summed E-state index contributed by atoms with van der Waals surface area (Å²) in [6, 6.07) is 4.22. The average molecular weight is 234 g/mol. The molecule has 1 aromatic heterocycles. The standard InChI is InChI=1S/C12H18N4O/c1-16(8-12(17)15-9-2-3-9)11-5-4-10(6-13)14-7-11/h4-5,7,9H,2-3,6,8,13H2,1H3,(H,15,17). The molecule has 0 aliphatic heterocycles. The molecule has 92 valence electrons. The molecule has 1 aromatic rings. The summed E-state index contributed by atoms with van der Waals surface area (Å²) in [4.78, 5) is 17.7. The molecule has 1 saturated carbocycles. The molecule has 1 aliphatic rings. The van der Waals surface area contributed by atoms with Crippen molar-refractivity contribution in [2.75, 3.05) is 18.5 Å². The van der Waals surface area contributed by atoms with Gasteiger partial charge in [-0.25, -0.2) is 0 Å². The fraction of sp³-hybridized carbons (Fsp3) is 0.500. The number of nitrogens with one attached hydrogen (secondary N) is 1. The zero-order valence-electron chi connectivity index (χ0n) is 10.0. The first-order valence-electron chi connectivity index (χ1n) is 5.84. The number of pyridine rings is 1. The maximum Gasteiger partial charge on any atom is 0.239 e. The second kappa shape index (κ2) is 5.14. The van der Waals surface area contributed by atoms with Crippen molar-refractivity contribution < 1.29 is 4.79 Å². The van der Waals surface area contributed by atoms with E-state index in [1.807, 2.05) is 24.1 Å². The Hall–Kier alpha value is -1.62. The molecule has 0 aromatic carbocycles. The molecule has 3 N–H and O–H groups in total. The molecule has 0 atom stereocenters. The fourth-order valence-electron chi connectivity index (χ4n) is 1.57. The Morgan fingerprint density at radius 3 is 2.88 bits per heavy atom. The van der Waals surface area contributed by atoms with Crippen molar-refractivity contribution in [3.05, 3.63) is 24.0 Å². The highest BCUT2D eigenvalue weighted by molar-refractivity contribution is 5.81. The minimum Gasteiger partial charge on any atom is -0.364 e. The van der Waals surface area contributed by atoms with Gasteiger partial charge in [0.05, 0.1) is 24.1 Å². The number of amides is 1. The number of carbonyl (C=O) groups is 1. The van der Waals surface area contributed by atoms with Crippen molar-refractivity contribution in [2.24, 2.45) is 5.73 Å². The molecule has 0 unspecified atom stereocenters. The monoisotopic (exact) mass is 234 g/mol. The zero-order valence-corrected chi connectivity index (χ0v) is 10.0. The predicted octanol–water partition coefficient (Wildman–Crippen LogP) is 0.255. The first-order chi connectivity index (χ1) is 8.19. The highest BCUT2D eigenvalue weighted by Gasteiger charge is 2.23. The molecule has 1 amide bonds. The predicted molar refractivity (Wildman–Crippen MR) is 66.6 cm³/mol. The van der Waals surface area contributed by atoms with Gasteiger partial charge in [0.25, 0.3) is 0 Å². The molecule has 5 nitrogen and oxygen atoms in total. The van der Waals surface area contributed by atoms with Gasteiger partial charge in [-0.3, -0.25) is 9.78 Å². The molecule has 1 heterocycles. The highest BCUT2D eigenvalue weighted by Crippen LogP contribution is 2.18. The number of rotatable bonds is 5. The molecular weight excluding hydrogens is 216 g/mol. The lowest BCUT2D eigenvalue weighted by atomic mass is 10.3. The summed E-state index contributed by atoms with van der Waals surface area (Å²) in [7, 11) is 1.88. The van der Waals surface area contributed by atoms with E-state index in [2.05, 4.69) is 10.3 Å². The van der Waals surface area contributed by atoms with Crippen LogP contribution in [0.3, 0.4) is 0 Å². The Labute approximate surface area is 101 Å². The summed E-state index contributed by atoms with van der Waals surface area (Å²) in [5, 5.41) is 2.96. The molecule has 0 saturated heterocycles. The summed E-state index contributed by atoms with van der Waals surface area (Å²) < 4.78 is 0. The van der Waals surface area contributed by atoms with Crippen molar-refractivity contribution in [1.82, 2.24) is 10.3 Å². The average Bonchev–Trinajstić information content (AvgIpc) is 3.12. The summed E-state index contributed by atoms with van der Waals surface area (Å²) in [5.74, 6) is 0.0675. The van der Waals surface area contributed by atoms with Crippen LogP contribution in [-0.4, -0.2) is 30.5 Å². The maximum atomic E-state index is 11.6. The number of likely N-dealkylation sites (N-methyl/N-ethyl adjacent to an activating group) is 1. The molecule has 0 bridgehead atoms. The van der Waals surface area contributed by atoms with Crippen LogP contribution in [-0.2, 0) is 11.3 Å². The van der Waals surface area contributed by atoms with E-state index in [0.29, 0.717) is 19.1 Å². The Balaban J connectivity index is 1.88. The van der Waals surface area contributed by atoms with E-state index in [1.54, 1.807) is 6.20 Å². The summed E-state index contributed by atoms with van der Waals surface area (Å²) in [6.07, 6.45) is 3.97. The number of carbonyl (C=O) groups excluding carboxylic acids is 1. The highest BCUT2D eigenvalue weighted by atomic mass is 16.2. The van der Waals surface area contributed by atoms with E-state index in [1.165, 1.54) is 0 Å². The van der Waals surface area contributed by atoms with Crippen molar-refractivity contribution in [3.8, 4) is 0 Å². The largest absolute Gasteiger partial charge is 0.364 e. The van der Waals surface area contributed by atoms with Gasteiger partial charge >= 0.3 is 0 Å². The zero-order chi connectivity index (χ0) is 12.3. The van der Waals surface area contributed by atoms with Gasteiger partial charge in [0.1, 0.15) is 0 Å². The quantitative estimate of drug-likeness (QED) is 0.766. The molecule has 0 spiro atoms. The number of nitrogens with zero attached hydrogens (tertiary/aromatic N) is 2. The van der Waals surface area contributed by atoms with Gasteiger partial charge in [-0.1, -0.05) is 0 Å². The molecule has 1 fully saturated rings. The number of nitrogens with two attached hydrogens (primary N) is 1. The van der Waals surface area contributed by atoms with Crippen LogP contribution < -0.4 is 16.0 Å². The minimum absolute atomic E-state index is 0.0675. The number of anilines is 1. The Bertz CT molecular complexity index is 386. The van der Waals surface area contributed by atoms with E-state index < -0.39 is 0 Å². The van der Waals surface area contributed by atoms with Crippen LogP contribution in [0, 0.1) is 0 Å². The third-order valence-corrected chi connectivity index (χ3v) is 2.78. The normalized spacial score (nSPS) is 14.5. The second-order valence-electron chi connectivity index (χ2n) is 4.41. The van der Waals surface area contributed by atoms with E-state index in [-0.39, 0.29) is 5.91 Å². The van der Waals surface area contributed by atoms with Gasteiger partial charge in [-0.2, -0.15) is 0 Å². The molecule has 2 rings (SSSR count). The van der Waals surface area contributed by atoms with Crippen LogP contribution in [0.25, 0.3) is 0 Å². The van der Waals surface area contributed by atoms with Gasteiger partial charge < -0.3 is 16.0 Å². The van der Waals surface area contributed by atoms with Gasteiger partial charge in [-0.15, -0.1) is 0 Å². The van der Waals surface area contributed by atoms with Crippen molar-refractivity contribution in [1.29, 1.82) is 0 Å². The van der Waals surface area contributed by atoms with E-state index in [9.17, 15) is 4.79 Å². The molecule has 5 heteroatoms. The van der Waals surface area contributed by atoms with E-state index >= 15 is 0 Å². The van der Waals surface area contributed by atoms with Crippen LogP contribution >= 0.6 is 0 Å². The third kappa shape index (κ3) is 3.42. The van der Waals surface area contributed by atoms with Crippen LogP contribution in [0.1, 0.15) is 18.5 Å². The maximum absolute atomic E-state index is 11.6. The first-order valence-corrected chi connectivity index (χ1v) is 5.84. The Kier molecular flexibility index (Phi) is 3.58. The van der Waals surface area contributed by atoms with Crippen LogP contribution in [0.5, 0.6) is 0 Å². The van der Waals surface area contributed by atoms with Crippen molar-refractivity contribution >= 4 is 11.6 Å².